The lowest BCUT2D eigenvalue weighted by atomic mass is 10.1. The summed E-state index contributed by atoms with van der Waals surface area (Å²) in [6.07, 6.45) is 2.38. The van der Waals surface area contributed by atoms with Gasteiger partial charge in [-0.25, -0.2) is 4.79 Å². The first-order valence-corrected chi connectivity index (χ1v) is 8.62. The van der Waals surface area contributed by atoms with Crippen molar-refractivity contribution in [1.82, 2.24) is 0 Å². The van der Waals surface area contributed by atoms with E-state index in [0.717, 1.165) is 19.3 Å². The van der Waals surface area contributed by atoms with Crippen LogP contribution in [-0.2, 0) is 28.5 Å². The number of esters is 1. The molecule has 0 unspecified atom stereocenters. The minimum Gasteiger partial charge on any atom is -0.452 e. The monoisotopic (exact) mass is 352 g/mol. The van der Waals surface area contributed by atoms with Crippen molar-refractivity contribution in [3.05, 3.63) is 35.9 Å². The molecule has 0 heterocycles. The van der Waals surface area contributed by atoms with E-state index in [0.29, 0.717) is 31.5 Å². The fourth-order valence-electron chi connectivity index (χ4n) is 2.21. The van der Waals surface area contributed by atoms with Crippen LogP contribution in [0.3, 0.4) is 0 Å². The van der Waals surface area contributed by atoms with Crippen LogP contribution in [0, 0.1) is 0 Å². The van der Waals surface area contributed by atoms with Gasteiger partial charge in [-0.1, -0.05) is 50.1 Å². The largest absolute Gasteiger partial charge is 0.452 e. The highest BCUT2D eigenvalue weighted by Crippen LogP contribution is 2.20. The van der Waals surface area contributed by atoms with Crippen LogP contribution in [0.1, 0.15) is 44.3 Å². The van der Waals surface area contributed by atoms with E-state index in [1.54, 1.807) is 19.2 Å². The molecule has 25 heavy (non-hydrogen) atoms. The lowest BCUT2D eigenvalue weighted by Gasteiger charge is -2.19. The number of methoxy groups -OCH3 is 1. The van der Waals surface area contributed by atoms with Crippen LogP contribution in [0.5, 0.6) is 0 Å². The zero-order valence-electron chi connectivity index (χ0n) is 15.0. The van der Waals surface area contributed by atoms with Gasteiger partial charge in [-0.05, 0) is 18.4 Å². The van der Waals surface area contributed by atoms with E-state index in [4.69, 9.17) is 18.9 Å². The van der Waals surface area contributed by atoms with E-state index in [1.165, 1.54) is 0 Å². The number of aldehydes is 1. The third-order valence-corrected chi connectivity index (χ3v) is 3.58. The molecule has 0 spiro atoms. The molecule has 1 aromatic rings. The summed E-state index contributed by atoms with van der Waals surface area (Å²) < 4.78 is 21.0. The molecule has 0 amide bonds. The van der Waals surface area contributed by atoms with E-state index >= 15 is 0 Å². The molecule has 0 bridgehead atoms. The molecule has 0 radical (unpaired) electrons. The predicted octanol–water partition coefficient (Wildman–Crippen LogP) is 3.06. The lowest BCUT2D eigenvalue weighted by Crippen LogP contribution is -2.26. The Balaban J connectivity index is 2.63. The molecule has 140 valence electrons. The van der Waals surface area contributed by atoms with Gasteiger partial charge in [0.05, 0.1) is 13.2 Å². The van der Waals surface area contributed by atoms with Crippen LogP contribution in [0.15, 0.2) is 30.3 Å². The Bertz CT molecular complexity index is 476. The Hall–Kier alpha value is -1.76. The first-order chi connectivity index (χ1) is 12.2. The summed E-state index contributed by atoms with van der Waals surface area (Å²) in [5, 5.41) is 0. The number of rotatable bonds is 14. The standard InChI is InChI=1S/C19H28O6/c1-3-4-6-11-17(14-20)25-19(21)18(16-9-7-5-8-10-16)24-15-23-13-12-22-2/h5,7-10,14,17-18H,3-4,6,11-13,15H2,1-2H3/t17-,18-/m1/s1. The summed E-state index contributed by atoms with van der Waals surface area (Å²) in [5.41, 5.74) is 0.654. The average molecular weight is 352 g/mol. The molecule has 6 nitrogen and oxygen atoms in total. The highest BCUT2D eigenvalue weighted by molar-refractivity contribution is 5.78. The van der Waals surface area contributed by atoms with Crippen molar-refractivity contribution >= 4 is 12.3 Å². The number of hydrogen-bond donors (Lipinski definition) is 0. The molecule has 6 heteroatoms. The molecule has 2 atom stereocenters. The maximum Gasteiger partial charge on any atom is 0.340 e. The first kappa shape index (κ1) is 21.3. The van der Waals surface area contributed by atoms with Crippen LogP contribution in [0.4, 0.5) is 0 Å². The molecular formula is C19H28O6. The number of unbranched alkanes of at least 4 members (excludes halogenated alkanes) is 2. The van der Waals surface area contributed by atoms with Crippen LogP contribution < -0.4 is 0 Å². The van der Waals surface area contributed by atoms with Crippen molar-refractivity contribution in [2.24, 2.45) is 0 Å². The molecule has 0 N–H and O–H groups in total. The highest BCUT2D eigenvalue weighted by atomic mass is 16.7. The smallest absolute Gasteiger partial charge is 0.340 e. The van der Waals surface area contributed by atoms with Gasteiger partial charge in [0.15, 0.2) is 18.5 Å². The van der Waals surface area contributed by atoms with Crippen molar-refractivity contribution in [3.63, 3.8) is 0 Å². The molecule has 0 aliphatic rings. The van der Waals surface area contributed by atoms with Crippen LogP contribution in [-0.4, -0.2) is 45.5 Å². The Morgan fingerprint density at radius 2 is 1.92 bits per heavy atom. The lowest BCUT2D eigenvalue weighted by molar-refractivity contribution is -0.174. The Kier molecular flexibility index (Phi) is 11.5. The minimum absolute atomic E-state index is 0.0698. The summed E-state index contributed by atoms with van der Waals surface area (Å²) in [7, 11) is 1.58. The maximum absolute atomic E-state index is 12.5. The molecule has 1 rings (SSSR count). The molecule has 0 aromatic heterocycles. The van der Waals surface area contributed by atoms with Gasteiger partial charge in [-0.2, -0.15) is 0 Å². The van der Waals surface area contributed by atoms with E-state index in [-0.39, 0.29) is 6.79 Å². The SMILES string of the molecule is CCCCC[C@H](C=O)OC(=O)[C@H](OCOCCOC)c1ccccc1. The van der Waals surface area contributed by atoms with Gasteiger partial charge in [-0.3, -0.25) is 4.79 Å². The Morgan fingerprint density at radius 3 is 2.56 bits per heavy atom. The van der Waals surface area contributed by atoms with Crippen molar-refractivity contribution in [2.75, 3.05) is 27.1 Å². The predicted molar refractivity (Wildman–Crippen MR) is 93.0 cm³/mol. The second kappa shape index (κ2) is 13.5. The van der Waals surface area contributed by atoms with E-state index in [9.17, 15) is 9.59 Å². The highest BCUT2D eigenvalue weighted by Gasteiger charge is 2.26. The zero-order chi connectivity index (χ0) is 18.3. The molecule has 1 aromatic carbocycles. The molecule has 0 saturated carbocycles. The quantitative estimate of drug-likeness (QED) is 0.222. The summed E-state index contributed by atoms with van der Waals surface area (Å²) >= 11 is 0. The van der Waals surface area contributed by atoms with Crippen LogP contribution >= 0.6 is 0 Å². The number of carbonyl (C=O) groups is 2. The average Bonchev–Trinajstić information content (AvgIpc) is 2.64. The first-order valence-electron chi connectivity index (χ1n) is 8.62. The maximum atomic E-state index is 12.5. The second-order valence-electron chi connectivity index (χ2n) is 5.58. The van der Waals surface area contributed by atoms with E-state index in [2.05, 4.69) is 6.92 Å². The van der Waals surface area contributed by atoms with Crippen molar-refractivity contribution in [1.29, 1.82) is 0 Å². The van der Waals surface area contributed by atoms with Gasteiger partial charge >= 0.3 is 5.97 Å². The fraction of sp³-hybridized carbons (Fsp3) is 0.579. The fourth-order valence-corrected chi connectivity index (χ4v) is 2.21. The summed E-state index contributed by atoms with van der Waals surface area (Å²) in [6, 6.07) is 9.01. The topological polar surface area (TPSA) is 71.1 Å². The van der Waals surface area contributed by atoms with Gasteiger partial charge in [0.25, 0.3) is 0 Å². The zero-order valence-corrected chi connectivity index (χ0v) is 15.0. The van der Waals surface area contributed by atoms with E-state index in [1.807, 2.05) is 18.2 Å². The van der Waals surface area contributed by atoms with Crippen LogP contribution in [0.2, 0.25) is 0 Å². The van der Waals surface area contributed by atoms with Gasteiger partial charge < -0.3 is 18.9 Å². The Morgan fingerprint density at radius 1 is 1.16 bits per heavy atom. The van der Waals surface area contributed by atoms with Crippen molar-refractivity contribution in [3.8, 4) is 0 Å². The molecule has 0 aliphatic heterocycles. The van der Waals surface area contributed by atoms with Crippen LogP contribution in [0.25, 0.3) is 0 Å². The molecule has 0 fully saturated rings. The van der Waals surface area contributed by atoms with Gasteiger partial charge in [0.2, 0.25) is 0 Å². The van der Waals surface area contributed by atoms with Crippen molar-refractivity contribution in [2.45, 2.75) is 44.8 Å². The summed E-state index contributed by atoms with van der Waals surface area (Å²) in [6.45, 7) is 2.81. The summed E-state index contributed by atoms with van der Waals surface area (Å²) in [4.78, 5) is 23.6. The third-order valence-electron chi connectivity index (χ3n) is 3.58. The number of carbonyl (C=O) groups excluding carboxylic acids is 2. The minimum atomic E-state index is -0.933. The third kappa shape index (κ3) is 8.77. The number of ether oxygens (including phenoxy) is 4. The van der Waals surface area contributed by atoms with E-state index < -0.39 is 18.2 Å². The number of benzene rings is 1. The normalized spacial score (nSPS) is 13.2. The van der Waals surface area contributed by atoms with Crippen molar-refractivity contribution < 1.29 is 28.5 Å². The summed E-state index contributed by atoms with van der Waals surface area (Å²) in [5.74, 6) is -0.588. The number of hydrogen-bond acceptors (Lipinski definition) is 6. The molecule has 0 aliphatic carbocycles. The van der Waals surface area contributed by atoms with Gasteiger partial charge in [-0.15, -0.1) is 0 Å². The Labute approximate surface area is 149 Å². The van der Waals surface area contributed by atoms with Gasteiger partial charge in [0, 0.05) is 7.11 Å². The molecule has 0 saturated heterocycles. The van der Waals surface area contributed by atoms with Gasteiger partial charge in [0.1, 0.15) is 6.79 Å². The molecular weight excluding hydrogens is 324 g/mol. The second-order valence-corrected chi connectivity index (χ2v) is 5.58.